The highest BCUT2D eigenvalue weighted by Crippen LogP contribution is 2.22. The molecule has 0 aliphatic rings. The molecule has 0 atom stereocenters. The van der Waals surface area contributed by atoms with Crippen LogP contribution in [-0.4, -0.2) is 31.4 Å². The van der Waals surface area contributed by atoms with Gasteiger partial charge in [0, 0.05) is 17.6 Å². The van der Waals surface area contributed by atoms with E-state index in [1.165, 1.54) is 5.56 Å². The van der Waals surface area contributed by atoms with Gasteiger partial charge in [0.05, 0.1) is 0 Å². The third-order valence-corrected chi connectivity index (χ3v) is 3.56. The number of nitrogens with zero attached hydrogens (tertiary/aromatic N) is 1. The summed E-state index contributed by atoms with van der Waals surface area (Å²) < 4.78 is 0. The number of carbonyl (C=O) groups excluding carboxylic acids is 1. The Morgan fingerprint density at radius 3 is 2.26 bits per heavy atom. The molecule has 0 heterocycles. The van der Waals surface area contributed by atoms with E-state index < -0.39 is 0 Å². The van der Waals surface area contributed by atoms with E-state index in [4.69, 9.17) is 0 Å². The number of amides is 1. The van der Waals surface area contributed by atoms with Crippen LogP contribution in [-0.2, 0) is 11.2 Å². The fraction of sp³-hybridized carbons (Fsp3) is 0.562. The van der Waals surface area contributed by atoms with Gasteiger partial charge in [0.2, 0.25) is 5.91 Å². The minimum Gasteiger partial charge on any atom is -0.326 e. The highest BCUT2D eigenvalue weighted by atomic mass is 16.2. The van der Waals surface area contributed by atoms with Crippen LogP contribution in [0.5, 0.6) is 0 Å². The first-order chi connectivity index (χ1) is 8.85. The highest BCUT2D eigenvalue weighted by Gasteiger charge is 2.25. The zero-order chi connectivity index (χ0) is 14.5. The Labute approximate surface area is 117 Å². The van der Waals surface area contributed by atoms with Gasteiger partial charge in [-0.25, -0.2) is 0 Å². The molecule has 1 aromatic rings. The summed E-state index contributed by atoms with van der Waals surface area (Å²) in [6.45, 7) is 7.00. The molecule has 0 saturated carbocycles. The van der Waals surface area contributed by atoms with Gasteiger partial charge in [-0.05, 0) is 44.6 Å². The first-order valence-corrected chi connectivity index (χ1v) is 6.90. The predicted molar refractivity (Wildman–Crippen MR) is 81.4 cm³/mol. The Kier molecular flexibility index (Phi) is 5.55. The summed E-state index contributed by atoms with van der Waals surface area (Å²) in [5.41, 5.74) is 1.85. The van der Waals surface area contributed by atoms with Gasteiger partial charge in [-0.15, -0.1) is 0 Å². The molecule has 0 unspecified atom stereocenters. The molecule has 19 heavy (non-hydrogen) atoms. The third kappa shape index (κ3) is 5.03. The van der Waals surface area contributed by atoms with Gasteiger partial charge >= 0.3 is 0 Å². The van der Waals surface area contributed by atoms with Crippen LogP contribution in [0.1, 0.15) is 32.8 Å². The number of carbonyl (C=O) groups is 1. The quantitative estimate of drug-likeness (QED) is 0.854. The summed E-state index contributed by atoms with van der Waals surface area (Å²) in [5, 5.41) is 2.98. The molecule has 0 fully saturated rings. The second-order valence-electron chi connectivity index (χ2n) is 5.94. The Bertz CT molecular complexity index is 407. The van der Waals surface area contributed by atoms with Gasteiger partial charge < -0.3 is 10.2 Å². The lowest BCUT2D eigenvalue weighted by atomic mass is 9.89. The Hall–Kier alpha value is -1.35. The maximum atomic E-state index is 12.0. The van der Waals surface area contributed by atoms with Crippen LogP contribution < -0.4 is 5.32 Å². The topological polar surface area (TPSA) is 32.3 Å². The molecule has 0 aliphatic heterocycles. The van der Waals surface area contributed by atoms with Crippen LogP contribution in [0.3, 0.4) is 0 Å². The molecule has 0 radical (unpaired) electrons. The number of rotatable bonds is 6. The van der Waals surface area contributed by atoms with Crippen molar-refractivity contribution in [2.24, 2.45) is 5.41 Å². The molecule has 0 bridgehead atoms. The van der Waals surface area contributed by atoms with E-state index in [2.05, 4.69) is 36.4 Å². The standard InChI is InChI=1S/C16H26N2O/c1-6-16(2,3)15(19)17-14-9-7-13(8-10-14)11-12-18(4)5/h7-10H,6,11-12H2,1-5H3,(H,17,19). The van der Waals surface area contributed by atoms with Gasteiger partial charge in [0.15, 0.2) is 0 Å². The van der Waals surface area contributed by atoms with Crippen LogP contribution in [0.4, 0.5) is 5.69 Å². The minimum absolute atomic E-state index is 0.0797. The SMILES string of the molecule is CCC(C)(C)C(=O)Nc1ccc(CCN(C)C)cc1. The summed E-state index contributed by atoms with van der Waals surface area (Å²) in [5.74, 6) is 0.0797. The number of benzene rings is 1. The third-order valence-electron chi connectivity index (χ3n) is 3.56. The number of hydrogen-bond acceptors (Lipinski definition) is 2. The molecule has 1 N–H and O–H groups in total. The van der Waals surface area contributed by atoms with E-state index in [9.17, 15) is 4.79 Å². The van der Waals surface area contributed by atoms with E-state index in [1.807, 2.05) is 32.9 Å². The van der Waals surface area contributed by atoms with Gasteiger partial charge in [-0.3, -0.25) is 4.79 Å². The normalized spacial score (nSPS) is 11.7. The summed E-state index contributed by atoms with van der Waals surface area (Å²) in [6.07, 6.45) is 1.86. The number of likely N-dealkylation sites (N-methyl/N-ethyl adjacent to an activating group) is 1. The summed E-state index contributed by atoms with van der Waals surface area (Å²) in [6, 6.07) is 8.12. The average molecular weight is 262 g/mol. The van der Waals surface area contributed by atoms with E-state index >= 15 is 0 Å². The van der Waals surface area contributed by atoms with Crippen LogP contribution in [0, 0.1) is 5.41 Å². The Morgan fingerprint density at radius 2 is 1.79 bits per heavy atom. The van der Waals surface area contributed by atoms with Crippen molar-refractivity contribution in [3.8, 4) is 0 Å². The van der Waals surface area contributed by atoms with Crippen molar-refractivity contribution in [1.29, 1.82) is 0 Å². The van der Waals surface area contributed by atoms with Crippen molar-refractivity contribution < 1.29 is 4.79 Å². The zero-order valence-electron chi connectivity index (χ0n) is 12.8. The van der Waals surface area contributed by atoms with Crippen molar-refractivity contribution >= 4 is 11.6 Å². The summed E-state index contributed by atoms with van der Waals surface area (Å²) in [4.78, 5) is 14.2. The molecule has 0 aromatic heterocycles. The lowest BCUT2D eigenvalue weighted by Crippen LogP contribution is -2.29. The zero-order valence-corrected chi connectivity index (χ0v) is 12.8. The average Bonchev–Trinajstić information content (AvgIpc) is 2.37. The minimum atomic E-state index is -0.316. The van der Waals surface area contributed by atoms with Crippen LogP contribution in [0.25, 0.3) is 0 Å². The second kappa shape index (κ2) is 6.71. The predicted octanol–water partition coefficient (Wildman–Crippen LogP) is 3.17. The fourth-order valence-corrected chi connectivity index (χ4v) is 1.57. The highest BCUT2D eigenvalue weighted by molar-refractivity contribution is 5.94. The number of nitrogens with one attached hydrogen (secondary N) is 1. The molecule has 1 aromatic carbocycles. The lowest BCUT2D eigenvalue weighted by molar-refractivity contribution is -0.124. The molecule has 0 aliphatic carbocycles. The molecule has 3 heteroatoms. The van der Waals surface area contributed by atoms with Crippen molar-refractivity contribution in [1.82, 2.24) is 4.90 Å². The van der Waals surface area contributed by atoms with E-state index in [0.29, 0.717) is 0 Å². The first-order valence-electron chi connectivity index (χ1n) is 6.90. The van der Waals surface area contributed by atoms with Gasteiger partial charge in [0.1, 0.15) is 0 Å². The molecular weight excluding hydrogens is 236 g/mol. The van der Waals surface area contributed by atoms with Crippen molar-refractivity contribution in [3.05, 3.63) is 29.8 Å². The molecule has 1 amide bonds. The van der Waals surface area contributed by atoms with Crippen LogP contribution in [0.2, 0.25) is 0 Å². The van der Waals surface area contributed by atoms with Gasteiger partial charge in [-0.2, -0.15) is 0 Å². The largest absolute Gasteiger partial charge is 0.326 e. The van der Waals surface area contributed by atoms with Crippen LogP contribution >= 0.6 is 0 Å². The molecular formula is C16H26N2O. The number of anilines is 1. The molecule has 106 valence electrons. The van der Waals surface area contributed by atoms with Gasteiger partial charge in [0.25, 0.3) is 0 Å². The van der Waals surface area contributed by atoms with Gasteiger partial charge in [-0.1, -0.05) is 32.9 Å². The Balaban J connectivity index is 2.60. The van der Waals surface area contributed by atoms with E-state index in [-0.39, 0.29) is 11.3 Å². The molecule has 1 rings (SSSR count). The second-order valence-corrected chi connectivity index (χ2v) is 5.94. The summed E-state index contributed by atoms with van der Waals surface area (Å²) in [7, 11) is 4.14. The monoisotopic (exact) mass is 262 g/mol. The Morgan fingerprint density at radius 1 is 1.21 bits per heavy atom. The molecule has 3 nitrogen and oxygen atoms in total. The maximum absolute atomic E-state index is 12.0. The first kappa shape index (κ1) is 15.7. The molecule has 0 spiro atoms. The van der Waals surface area contributed by atoms with Crippen molar-refractivity contribution in [2.45, 2.75) is 33.6 Å². The smallest absolute Gasteiger partial charge is 0.230 e. The summed E-state index contributed by atoms with van der Waals surface area (Å²) >= 11 is 0. The lowest BCUT2D eigenvalue weighted by Gasteiger charge is -2.21. The van der Waals surface area contributed by atoms with E-state index in [0.717, 1.165) is 25.1 Å². The fourth-order valence-electron chi connectivity index (χ4n) is 1.57. The maximum Gasteiger partial charge on any atom is 0.230 e. The number of hydrogen-bond donors (Lipinski definition) is 1. The van der Waals surface area contributed by atoms with Crippen molar-refractivity contribution in [3.63, 3.8) is 0 Å². The van der Waals surface area contributed by atoms with E-state index in [1.54, 1.807) is 0 Å². The van der Waals surface area contributed by atoms with Crippen LogP contribution in [0.15, 0.2) is 24.3 Å². The van der Waals surface area contributed by atoms with Crippen molar-refractivity contribution in [2.75, 3.05) is 26.0 Å². The molecule has 0 saturated heterocycles.